The maximum Gasteiger partial charge on any atom is 0.328 e. The quantitative estimate of drug-likeness (QED) is 0.797. The molecule has 0 heterocycles. The number of hydrogen-bond donors (Lipinski definition) is 2. The summed E-state index contributed by atoms with van der Waals surface area (Å²) in [5.41, 5.74) is 0.432. The molecule has 0 aliphatic carbocycles. The highest BCUT2D eigenvalue weighted by atomic mass is 16.5. The molecule has 0 saturated heterocycles. The van der Waals surface area contributed by atoms with Crippen molar-refractivity contribution in [1.29, 1.82) is 0 Å². The van der Waals surface area contributed by atoms with Gasteiger partial charge in [-0.05, 0) is 19.1 Å². The molecule has 0 saturated carbocycles. The Bertz CT molecular complexity index is 490. The highest BCUT2D eigenvalue weighted by Crippen LogP contribution is 2.28. The summed E-state index contributed by atoms with van der Waals surface area (Å²) in [6.07, 6.45) is 0. The van der Waals surface area contributed by atoms with Crippen molar-refractivity contribution in [2.24, 2.45) is 0 Å². The van der Waals surface area contributed by atoms with Crippen molar-refractivity contribution in [3.8, 4) is 11.5 Å². The highest BCUT2D eigenvalue weighted by Gasteiger charge is 2.16. The molecule has 0 aromatic heterocycles. The average molecular weight is 282 g/mol. The van der Waals surface area contributed by atoms with Crippen LogP contribution in [0.15, 0.2) is 18.2 Å². The number of rotatable bonds is 5. The van der Waals surface area contributed by atoms with Crippen LogP contribution in [0, 0.1) is 0 Å². The molecule has 1 aromatic carbocycles. The lowest BCUT2D eigenvalue weighted by atomic mass is 10.2. The molecule has 0 aliphatic heterocycles. The van der Waals surface area contributed by atoms with Crippen molar-refractivity contribution in [3.05, 3.63) is 18.2 Å². The Balaban J connectivity index is 2.76. The van der Waals surface area contributed by atoms with Gasteiger partial charge in [0, 0.05) is 6.07 Å². The van der Waals surface area contributed by atoms with E-state index in [4.69, 9.17) is 9.47 Å². The van der Waals surface area contributed by atoms with Crippen LogP contribution in [0.3, 0.4) is 0 Å². The molecule has 0 aliphatic rings. The largest absolute Gasteiger partial charge is 0.497 e. The third-order valence-corrected chi connectivity index (χ3v) is 2.56. The summed E-state index contributed by atoms with van der Waals surface area (Å²) in [6.45, 7) is 1.52. The summed E-state index contributed by atoms with van der Waals surface area (Å²) in [5, 5.41) is 5.03. The van der Waals surface area contributed by atoms with E-state index in [1.165, 1.54) is 28.3 Å². The number of nitrogens with one attached hydrogen (secondary N) is 2. The van der Waals surface area contributed by atoms with Crippen molar-refractivity contribution >= 4 is 17.7 Å². The lowest BCUT2D eigenvalue weighted by Gasteiger charge is -2.15. The summed E-state index contributed by atoms with van der Waals surface area (Å²) >= 11 is 0. The molecular weight excluding hydrogens is 264 g/mol. The average Bonchev–Trinajstić information content (AvgIpc) is 2.45. The second kappa shape index (κ2) is 7.22. The molecule has 20 heavy (non-hydrogen) atoms. The van der Waals surface area contributed by atoms with Gasteiger partial charge in [0.2, 0.25) is 0 Å². The van der Waals surface area contributed by atoms with E-state index in [-0.39, 0.29) is 0 Å². The molecule has 0 bridgehead atoms. The van der Waals surface area contributed by atoms with E-state index in [2.05, 4.69) is 15.4 Å². The van der Waals surface area contributed by atoms with E-state index < -0.39 is 18.0 Å². The van der Waals surface area contributed by atoms with Crippen LogP contribution < -0.4 is 20.1 Å². The number of carbonyl (C=O) groups excluding carboxylic acids is 2. The van der Waals surface area contributed by atoms with Gasteiger partial charge in [-0.3, -0.25) is 0 Å². The number of ether oxygens (including phenoxy) is 3. The van der Waals surface area contributed by atoms with Crippen molar-refractivity contribution in [3.63, 3.8) is 0 Å². The monoisotopic (exact) mass is 282 g/mol. The summed E-state index contributed by atoms with van der Waals surface area (Å²) < 4.78 is 14.7. The summed E-state index contributed by atoms with van der Waals surface area (Å²) in [5.74, 6) is 0.520. The minimum Gasteiger partial charge on any atom is -0.497 e. The summed E-state index contributed by atoms with van der Waals surface area (Å²) in [6, 6.07) is 3.68. The minimum atomic E-state index is -0.753. The van der Waals surface area contributed by atoms with Gasteiger partial charge in [0.1, 0.15) is 17.5 Å². The predicted molar refractivity (Wildman–Crippen MR) is 73.2 cm³/mol. The van der Waals surface area contributed by atoms with Crippen molar-refractivity contribution in [2.75, 3.05) is 26.6 Å². The number of benzene rings is 1. The van der Waals surface area contributed by atoms with Gasteiger partial charge < -0.3 is 24.8 Å². The fourth-order valence-electron chi connectivity index (χ4n) is 1.50. The van der Waals surface area contributed by atoms with Crippen LogP contribution in [0.25, 0.3) is 0 Å². The molecule has 110 valence electrons. The lowest BCUT2D eigenvalue weighted by molar-refractivity contribution is -0.142. The molecule has 2 N–H and O–H groups in total. The SMILES string of the molecule is COC(=O)C(C)NC(=O)Nc1cc(OC)ccc1OC. The molecule has 0 fully saturated rings. The third kappa shape index (κ3) is 4.04. The normalized spacial score (nSPS) is 11.2. The molecule has 1 aromatic rings. The molecular formula is C13H18N2O5. The molecule has 1 atom stereocenters. The first-order valence-electron chi connectivity index (χ1n) is 5.89. The van der Waals surface area contributed by atoms with Crippen LogP contribution in [0.1, 0.15) is 6.92 Å². The van der Waals surface area contributed by atoms with Crippen LogP contribution in [0.4, 0.5) is 10.5 Å². The zero-order chi connectivity index (χ0) is 15.1. The Kier molecular flexibility index (Phi) is 5.64. The van der Waals surface area contributed by atoms with Crippen molar-refractivity contribution < 1.29 is 23.8 Å². The number of amides is 2. The van der Waals surface area contributed by atoms with Gasteiger partial charge in [-0.25, -0.2) is 9.59 Å². The molecule has 0 spiro atoms. The Morgan fingerprint density at radius 1 is 1.15 bits per heavy atom. The second-order valence-electron chi connectivity index (χ2n) is 3.91. The lowest BCUT2D eigenvalue weighted by Crippen LogP contribution is -2.41. The van der Waals surface area contributed by atoms with E-state index in [0.29, 0.717) is 17.2 Å². The van der Waals surface area contributed by atoms with Crippen LogP contribution >= 0.6 is 0 Å². The number of methoxy groups -OCH3 is 3. The number of anilines is 1. The molecule has 2 amide bonds. The minimum absolute atomic E-state index is 0.432. The van der Waals surface area contributed by atoms with E-state index in [1.807, 2.05) is 0 Å². The Hall–Kier alpha value is -2.44. The molecule has 7 nitrogen and oxygen atoms in total. The number of carbonyl (C=O) groups is 2. The van der Waals surface area contributed by atoms with Gasteiger partial charge in [0.25, 0.3) is 0 Å². The third-order valence-electron chi connectivity index (χ3n) is 2.56. The van der Waals surface area contributed by atoms with Gasteiger partial charge in [-0.15, -0.1) is 0 Å². The van der Waals surface area contributed by atoms with Crippen LogP contribution in [-0.4, -0.2) is 39.4 Å². The van der Waals surface area contributed by atoms with E-state index in [1.54, 1.807) is 18.2 Å². The van der Waals surface area contributed by atoms with Gasteiger partial charge >= 0.3 is 12.0 Å². The zero-order valence-corrected chi connectivity index (χ0v) is 11.9. The van der Waals surface area contributed by atoms with Crippen LogP contribution in [0.2, 0.25) is 0 Å². The fourth-order valence-corrected chi connectivity index (χ4v) is 1.50. The molecule has 0 radical (unpaired) electrons. The fraction of sp³-hybridized carbons (Fsp3) is 0.385. The zero-order valence-electron chi connectivity index (χ0n) is 11.9. The first-order chi connectivity index (χ1) is 9.51. The Labute approximate surface area is 117 Å². The topological polar surface area (TPSA) is 85.9 Å². The van der Waals surface area contributed by atoms with Crippen molar-refractivity contribution in [2.45, 2.75) is 13.0 Å². The first-order valence-corrected chi connectivity index (χ1v) is 5.89. The predicted octanol–water partition coefficient (Wildman–Crippen LogP) is 1.39. The second-order valence-corrected chi connectivity index (χ2v) is 3.91. The van der Waals surface area contributed by atoms with Gasteiger partial charge in [0.05, 0.1) is 27.0 Å². The highest BCUT2D eigenvalue weighted by molar-refractivity contribution is 5.93. The van der Waals surface area contributed by atoms with Gasteiger partial charge in [-0.1, -0.05) is 0 Å². The first kappa shape index (κ1) is 15.6. The standard InChI is InChI=1S/C13H18N2O5/c1-8(12(16)20-4)14-13(17)15-10-7-9(18-2)5-6-11(10)19-3/h5-8H,1-4H3,(H2,14,15,17). The maximum absolute atomic E-state index is 11.8. The number of urea groups is 1. The van der Waals surface area contributed by atoms with E-state index >= 15 is 0 Å². The van der Waals surface area contributed by atoms with E-state index in [9.17, 15) is 9.59 Å². The van der Waals surface area contributed by atoms with Gasteiger partial charge in [0.15, 0.2) is 0 Å². The van der Waals surface area contributed by atoms with E-state index in [0.717, 1.165) is 0 Å². The smallest absolute Gasteiger partial charge is 0.328 e. The molecule has 7 heteroatoms. The maximum atomic E-state index is 11.8. The number of hydrogen-bond acceptors (Lipinski definition) is 5. The van der Waals surface area contributed by atoms with Gasteiger partial charge in [-0.2, -0.15) is 0 Å². The van der Waals surface area contributed by atoms with Crippen molar-refractivity contribution in [1.82, 2.24) is 5.32 Å². The van der Waals surface area contributed by atoms with Crippen LogP contribution in [0.5, 0.6) is 11.5 Å². The Morgan fingerprint density at radius 2 is 1.85 bits per heavy atom. The Morgan fingerprint density at radius 3 is 2.40 bits per heavy atom. The molecule has 1 unspecified atom stereocenters. The summed E-state index contributed by atoms with van der Waals surface area (Å²) in [4.78, 5) is 23.0. The number of esters is 1. The molecule has 1 rings (SSSR count). The summed E-state index contributed by atoms with van der Waals surface area (Å²) in [7, 11) is 4.26. The van der Waals surface area contributed by atoms with Crippen LogP contribution in [-0.2, 0) is 9.53 Å².